The van der Waals surface area contributed by atoms with Gasteiger partial charge in [-0.3, -0.25) is 4.79 Å². The van der Waals surface area contributed by atoms with Gasteiger partial charge in [0.2, 0.25) is 5.91 Å². The number of rotatable bonds is 3. The predicted molar refractivity (Wildman–Crippen MR) is 57.2 cm³/mol. The molecule has 1 aliphatic rings. The summed E-state index contributed by atoms with van der Waals surface area (Å²) in [4.78, 5) is 12.6. The molecule has 86 valence electrons. The van der Waals surface area contributed by atoms with Crippen molar-refractivity contribution in [1.82, 2.24) is 4.90 Å². The van der Waals surface area contributed by atoms with Gasteiger partial charge < -0.3 is 9.64 Å². The second-order valence-electron chi connectivity index (χ2n) is 3.95. The van der Waals surface area contributed by atoms with E-state index in [4.69, 9.17) is 4.74 Å². The fourth-order valence-electron chi connectivity index (χ4n) is 1.62. The lowest BCUT2D eigenvalue weighted by molar-refractivity contribution is -0.143. The second-order valence-corrected chi connectivity index (χ2v) is 3.95. The highest BCUT2D eigenvalue weighted by Crippen LogP contribution is 2.15. The van der Waals surface area contributed by atoms with Gasteiger partial charge in [-0.05, 0) is 6.07 Å². The van der Waals surface area contributed by atoms with Gasteiger partial charge in [-0.2, -0.15) is 0 Å². The van der Waals surface area contributed by atoms with Crippen molar-refractivity contribution < 1.29 is 13.9 Å². The molecule has 1 saturated heterocycles. The Bertz CT molecular complexity index is 388. The zero-order chi connectivity index (χ0) is 11.5. The Balaban J connectivity index is 1.78. The van der Waals surface area contributed by atoms with Gasteiger partial charge in [0.05, 0.1) is 12.7 Å². The highest BCUT2D eigenvalue weighted by atomic mass is 19.1. The quantitative estimate of drug-likeness (QED) is 0.778. The zero-order valence-corrected chi connectivity index (χ0v) is 9.15. The number of hydrogen-bond donors (Lipinski definition) is 0. The summed E-state index contributed by atoms with van der Waals surface area (Å²) < 4.78 is 18.7. The molecule has 16 heavy (non-hydrogen) atoms. The lowest BCUT2D eigenvalue weighted by Crippen LogP contribution is -2.53. The molecular weight excluding hydrogens is 209 g/mol. The Labute approximate surface area is 93.8 Å². The Morgan fingerprint density at radius 1 is 1.50 bits per heavy atom. The standard InChI is InChI=1S/C12H14FNO2/c1-9(15)14-6-11(7-14)16-8-10-4-2-3-5-12(10)13/h2-5,11H,6-8H2,1H3. The van der Waals surface area contributed by atoms with E-state index in [1.54, 1.807) is 23.1 Å². The summed E-state index contributed by atoms with van der Waals surface area (Å²) in [5, 5.41) is 0. The van der Waals surface area contributed by atoms with Crippen LogP contribution in [0.3, 0.4) is 0 Å². The Morgan fingerprint density at radius 2 is 2.19 bits per heavy atom. The monoisotopic (exact) mass is 223 g/mol. The minimum Gasteiger partial charge on any atom is -0.370 e. The van der Waals surface area contributed by atoms with Crippen LogP contribution < -0.4 is 0 Å². The van der Waals surface area contributed by atoms with Gasteiger partial charge in [0.15, 0.2) is 0 Å². The molecule has 1 fully saturated rings. The van der Waals surface area contributed by atoms with E-state index in [9.17, 15) is 9.18 Å². The number of amides is 1. The molecule has 3 nitrogen and oxygen atoms in total. The van der Waals surface area contributed by atoms with Gasteiger partial charge in [0.25, 0.3) is 0 Å². The number of benzene rings is 1. The van der Waals surface area contributed by atoms with E-state index >= 15 is 0 Å². The number of halogens is 1. The first kappa shape index (κ1) is 11.1. The van der Waals surface area contributed by atoms with Gasteiger partial charge in [-0.1, -0.05) is 18.2 Å². The van der Waals surface area contributed by atoms with Crippen LogP contribution in [0.4, 0.5) is 4.39 Å². The molecule has 0 N–H and O–H groups in total. The number of likely N-dealkylation sites (tertiary alicyclic amines) is 1. The molecule has 0 aliphatic carbocycles. The largest absolute Gasteiger partial charge is 0.370 e. The van der Waals surface area contributed by atoms with E-state index in [1.165, 1.54) is 13.0 Å². The van der Waals surface area contributed by atoms with Crippen molar-refractivity contribution in [2.75, 3.05) is 13.1 Å². The summed E-state index contributed by atoms with van der Waals surface area (Å²) in [5.74, 6) is -0.184. The van der Waals surface area contributed by atoms with Crippen LogP contribution in [0.15, 0.2) is 24.3 Å². The molecule has 1 heterocycles. The van der Waals surface area contributed by atoms with Crippen LogP contribution in [0.5, 0.6) is 0 Å². The Morgan fingerprint density at radius 3 is 2.81 bits per heavy atom. The first-order valence-corrected chi connectivity index (χ1v) is 5.27. The maximum Gasteiger partial charge on any atom is 0.219 e. The molecule has 2 rings (SSSR count). The maximum absolute atomic E-state index is 13.2. The van der Waals surface area contributed by atoms with Crippen LogP contribution in [0, 0.1) is 5.82 Å². The van der Waals surface area contributed by atoms with E-state index in [-0.39, 0.29) is 24.4 Å². The molecule has 4 heteroatoms. The molecule has 0 atom stereocenters. The Hall–Kier alpha value is -1.42. The molecule has 1 aromatic rings. The number of carbonyl (C=O) groups excluding carboxylic acids is 1. The lowest BCUT2D eigenvalue weighted by atomic mass is 10.1. The van der Waals surface area contributed by atoms with Crippen molar-refractivity contribution in [3.8, 4) is 0 Å². The Kier molecular flexibility index (Phi) is 3.19. The van der Waals surface area contributed by atoms with Crippen molar-refractivity contribution in [2.45, 2.75) is 19.6 Å². The number of carbonyl (C=O) groups is 1. The van der Waals surface area contributed by atoms with E-state index < -0.39 is 0 Å². The van der Waals surface area contributed by atoms with Crippen LogP contribution >= 0.6 is 0 Å². The lowest BCUT2D eigenvalue weighted by Gasteiger charge is -2.38. The van der Waals surface area contributed by atoms with Crippen LogP contribution in [0.1, 0.15) is 12.5 Å². The molecule has 0 aromatic heterocycles. The molecule has 0 radical (unpaired) electrons. The third kappa shape index (κ3) is 2.39. The summed E-state index contributed by atoms with van der Waals surface area (Å²) in [6.07, 6.45) is 0.0449. The van der Waals surface area contributed by atoms with E-state index in [2.05, 4.69) is 0 Å². The summed E-state index contributed by atoms with van der Waals surface area (Å²) in [7, 11) is 0. The van der Waals surface area contributed by atoms with Crippen LogP contribution in [0.2, 0.25) is 0 Å². The summed E-state index contributed by atoms with van der Waals surface area (Å²) >= 11 is 0. The SMILES string of the molecule is CC(=O)N1CC(OCc2ccccc2F)C1. The normalized spacial score (nSPS) is 16.0. The van der Waals surface area contributed by atoms with Crippen LogP contribution in [-0.2, 0) is 16.1 Å². The van der Waals surface area contributed by atoms with Crippen LogP contribution in [-0.4, -0.2) is 30.0 Å². The van der Waals surface area contributed by atoms with Gasteiger partial charge in [-0.25, -0.2) is 4.39 Å². The third-order valence-corrected chi connectivity index (χ3v) is 2.73. The summed E-state index contributed by atoms with van der Waals surface area (Å²) in [6.45, 7) is 3.03. The minimum atomic E-state index is -0.245. The van der Waals surface area contributed by atoms with Gasteiger partial charge in [-0.15, -0.1) is 0 Å². The van der Waals surface area contributed by atoms with Crippen LogP contribution in [0.25, 0.3) is 0 Å². The number of nitrogens with zero attached hydrogens (tertiary/aromatic N) is 1. The molecule has 0 saturated carbocycles. The number of ether oxygens (including phenoxy) is 1. The van der Waals surface area contributed by atoms with Crippen molar-refractivity contribution in [1.29, 1.82) is 0 Å². The highest BCUT2D eigenvalue weighted by molar-refractivity contribution is 5.74. The van der Waals surface area contributed by atoms with Gasteiger partial charge in [0, 0.05) is 25.6 Å². The molecule has 1 aromatic carbocycles. The molecule has 1 amide bonds. The fraction of sp³-hybridized carbons (Fsp3) is 0.417. The van der Waals surface area contributed by atoms with Crippen molar-refractivity contribution >= 4 is 5.91 Å². The van der Waals surface area contributed by atoms with Crippen molar-refractivity contribution in [3.63, 3.8) is 0 Å². The van der Waals surface area contributed by atoms with E-state index in [0.717, 1.165) is 0 Å². The smallest absolute Gasteiger partial charge is 0.219 e. The van der Waals surface area contributed by atoms with Gasteiger partial charge in [0.1, 0.15) is 5.82 Å². The molecule has 0 bridgehead atoms. The predicted octanol–water partition coefficient (Wildman–Crippen LogP) is 1.57. The van der Waals surface area contributed by atoms with Gasteiger partial charge >= 0.3 is 0 Å². The summed E-state index contributed by atoms with van der Waals surface area (Å²) in [5.41, 5.74) is 0.559. The fourth-order valence-corrected chi connectivity index (χ4v) is 1.62. The zero-order valence-electron chi connectivity index (χ0n) is 9.15. The topological polar surface area (TPSA) is 29.5 Å². The molecular formula is C12H14FNO2. The molecule has 0 unspecified atom stereocenters. The average molecular weight is 223 g/mol. The van der Waals surface area contributed by atoms with E-state index in [1.807, 2.05) is 0 Å². The molecule has 1 aliphatic heterocycles. The van der Waals surface area contributed by atoms with Crippen molar-refractivity contribution in [2.24, 2.45) is 0 Å². The second kappa shape index (κ2) is 4.61. The summed E-state index contributed by atoms with van der Waals surface area (Å²) in [6, 6.07) is 6.56. The number of hydrogen-bond acceptors (Lipinski definition) is 2. The van der Waals surface area contributed by atoms with Crippen molar-refractivity contribution in [3.05, 3.63) is 35.6 Å². The third-order valence-electron chi connectivity index (χ3n) is 2.73. The highest BCUT2D eigenvalue weighted by Gasteiger charge is 2.29. The first-order valence-electron chi connectivity index (χ1n) is 5.27. The minimum absolute atomic E-state index is 0.0449. The maximum atomic E-state index is 13.2. The molecule has 0 spiro atoms. The first-order chi connectivity index (χ1) is 7.66. The average Bonchev–Trinajstić information content (AvgIpc) is 2.17. The van der Waals surface area contributed by atoms with E-state index in [0.29, 0.717) is 18.7 Å².